The van der Waals surface area contributed by atoms with Crippen LogP contribution in [0.5, 0.6) is 0 Å². The van der Waals surface area contributed by atoms with Crippen LogP contribution in [0.2, 0.25) is 0 Å². The number of amides is 1. The van der Waals surface area contributed by atoms with Crippen LogP contribution >= 0.6 is 11.8 Å². The number of carbonyl (C=O) groups excluding carboxylic acids is 1. The monoisotopic (exact) mass is 368 g/mol. The molecule has 10 heteroatoms. The Hall–Kier alpha value is -1.91. The topological polar surface area (TPSA) is 103 Å². The molecule has 0 saturated heterocycles. The summed E-state index contributed by atoms with van der Waals surface area (Å²) in [5.74, 6) is 0.595. The Morgan fingerprint density at radius 1 is 1.36 bits per heavy atom. The number of anilines is 1. The van der Waals surface area contributed by atoms with Gasteiger partial charge in [-0.2, -0.15) is 5.10 Å². The van der Waals surface area contributed by atoms with E-state index in [9.17, 15) is 4.79 Å². The van der Waals surface area contributed by atoms with Crippen molar-refractivity contribution >= 4 is 34.5 Å². The van der Waals surface area contributed by atoms with Gasteiger partial charge in [0.2, 0.25) is 5.91 Å². The first-order chi connectivity index (χ1) is 12.2. The zero-order valence-corrected chi connectivity index (χ0v) is 15.6. The lowest BCUT2D eigenvalue weighted by Gasteiger charge is -2.09. The lowest BCUT2D eigenvalue weighted by Crippen LogP contribution is -2.30. The number of nitrogens with one attached hydrogen (secondary N) is 2. The number of aromatic nitrogens is 4. The highest BCUT2D eigenvalue weighted by Crippen LogP contribution is 2.23. The number of thioether (sulfide) groups is 1. The predicted molar refractivity (Wildman–Crippen MR) is 97.0 cm³/mol. The van der Waals surface area contributed by atoms with Crippen molar-refractivity contribution in [3.63, 3.8) is 0 Å². The van der Waals surface area contributed by atoms with E-state index in [1.165, 1.54) is 11.8 Å². The van der Waals surface area contributed by atoms with Crippen LogP contribution in [0.25, 0.3) is 11.0 Å². The molecule has 1 amide bonds. The summed E-state index contributed by atoms with van der Waals surface area (Å²) in [6.07, 6.45) is 3.66. The van der Waals surface area contributed by atoms with Gasteiger partial charge in [-0.3, -0.25) is 4.79 Å². The fraction of sp³-hybridized carbons (Fsp3) is 0.600. The van der Waals surface area contributed by atoms with E-state index in [-0.39, 0.29) is 12.5 Å². The van der Waals surface area contributed by atoms with E-state index in [0.717, 1.165) is 16.9 Å². The molecule has 0 aliphatic rings. The Kier molecular flexibility index (Phi) is 7.89. The van der Waals surface area contributed by atoms with Crippen molar-refractivity contribution in [2.45, 2.75) is 18.6 Å². The number of hydrogen-bond donors (Lipinski definition) is 2. The third-order valence-corrected chi connectivity index (χ3v) is 3.89. The number of fused-ring (bicyclic) bond motifs is 1. The van der Waals surface area contributed by atoms with E-state index in [4.69, 9.17) is 9.47 Å². The fourth-order valence-corrected chi connectivity index (χ4v) is 2.50. The molecule has 0 aliphatic carbocycles. The second-order valence-electron chi connectivity index (χ2n) is 5.07. The summed E-state index contributed by atoms with van der Waals surface area (Å²) in [6, 6.07) is 0. The predicted octanol–water partition coefficient (Wildman–Crippen LogP) is 0.759. The van der Waals surface area contributed by atoms with Crippen molar-refractivity contribution in [2.24, 2.45) is 0 Å². The summed E-state index contributed by atoms with van der Waals surface area (Å²) in [5, 5.41) is 11.9. The van der Waals surface area contributed by atoms with E-state index in [1.54, 1.807) is 18.0 Å². The summed E-state index contributed by atoms with van der Waals surface area (Å²) in [4.78, 5) is 20.6. The Labute approximate surface area is 150 Å². The molecular weight excluding hydrogens is 344 g/mol. The molecule has 0 saturated carbocycles. The van der Waals surface area contributed by atoms with E-state index < -0.39 is 0 Å². The molecule has 2 rings (SSSR count). The third-order valence-electron chi connectivity index (χ3n) is 3.34. The first-order valence-electron chi connectivity index (χ1n) is 8.04. The van der Waals surface area contributed by atoms with Gasteiger partial charge in [-0.25, -0.2) is 14.6 Å². The lowest BCUT2D eigenvalue weighted by molar-refractivity contribution is -0.125. The Morgan fingerprint density at radius 3 is 2.92 bits per heavy atom. The van der Waals surface area contributed by atoms with Crippen molar-refractivity contribution < 1.29 is 14.3 Å². The van der Waals surface area contributed by atoms with Gasteiger partial charge >= 0.3 is 0 Å². The molecule has 2 heterocycles. The largest absolute Gasteiger partial charge is 0.383 e. The van der Waals surface area contributed by atoms with Gasteiger partial charge in [0.25, 0.3) is 0 Å². The number of carbonyl (C=O) groups is 1. The van der Waals surface area contributed by atoms with E-state index in [2.05, 4.69) is 25.7 Å². The smallest absolute Gasteiger partial charge is 0.246 e. The first-order valence-corrected chi connectivity index (χ1v) is 9.26. The van der Waals surface area contributed by atoms with E-state index in [1.807, 2.05) is 13.2 Å². The minimum Gasteiger partial charge on any atom is -0.383 e. The van der Waals surface area contributed by atoms with Crippen molar-refractivity contribution in [3.8, 4) is 0 Å². The summed E-state index contributed by atoms with van der Waals surface area (Å²) in [6.45, 7) is 4.64. The number of nitrogens with zero attached hydrogens (tertiary/aromatic N) is 4. The van der Waals surface area contributed by atoms with Crippen LogP contribution in [-0.4, -0.2) is 71.9 Å². The highest BCUT2D eigenvalue weighted by atomic mass is 32.2. The maximum Gasteiger partial charge on any atom is 0.246 e. The van der Waals surface area contributed by atoms with Crippen molar-refractivity contribution in [2.75, 3.05) is 51.6 Å². The maximum absolute atomic E-state index is 11.6. The molecule has 2 N–H and O–H groups in total. The maximum atomic E-state index is 11.6. The van der Waals surface area contributed by atoms with Crippen molar-refractivity contribution in [1.82, 2.24) is 25.1 Å². The summed E-state index contributed by atoms with van der Waals surface area (Å²) >= 11 is 1.47. The minimum atomic E-state index is -0.139. The molecule has 138 valence electrons. The molecule has 9 nitrogen and oxygen atoms in total. The molecular formula is C15H24N6O3S. The average Bonchev–Trinajstić information content (AvgIpc) is 3.03. The Balaban J connectivity index is 2.07. The van der Waals surface area contributed by atoms with Crippen molar-refractivity contribution in [3.05, 3.63) is 6.20 Å². The van der Waals surface area contributed by atoms with Crippen molar-refractivity contribution in [1.29, 1.82) is 0 Å². The van der Waals surface area contributed by atoms with Crippen LogP contribution in [0.3, 0.4) is 0 Å². The standard InChI is InChI=1S/C15H24N6O3S/c1-4-24-10-12(22)16-5-7-21-14-11(9-18-21)13(17-6-8-23-2)19-15(20-14)25-3/h9H,4-8,10H2,1-3H3,(H,16,22)(H,17,19,20). The molecule has 25 heavy (non-hydrogen) atoms. The van der Waals surface area contributed by atoms with Crippen LogP contribution in [0.1, 0.15) is 6.92 Å². The number of rotatable bonds is 11. The highest BCUT2D eigenvalue weighted by Gasteiger charge is 2.12. The van der Waals surface area contributed by atoms with E-state index >= 15 is 0 Å². The van der Waals surface area contributed by atoms with Gasteiger partial charge in [0.05, 0.1) is 24.7 Å². The molecule has 0 unspecified atom stereocenters. The second kappa shape index (κ2) is 10.2. The van der Waals surface area contributed by atoms with Crippen LogP contribution in [0.4, 0.5) is 5.82 Å². The van der Waals surface area contributed by atoms with Gasteiger partial charge in [0.15, 0.2) is 10.8 Å². The van der Waals surface area contributed by atoms with Crippen LogP contribution in [0, 0.1) is 0 Å². The highest BCUT2D eigenvalue weighted by molar-refractivity contribution is 7.98. The Morgan fingerprint density at radius 2 is 2.20 bits per heavy atom. The normalized spacial score (nSPS) is 11.0. The zero-order chi connectivity index (χ0) is 18.1. The molecule has 2 aromatic heterocycles. The summed E-state index contributed by atoms with van der Waals surface area (Å²) in [7, 11) is 1.66. The number of hydrogen-bond acceptors (Lipinski definition) is 8. The van der Waals surface area contributed by atoms with Crippen LogP contribution in [0.15, 0.2) is 11.4 Å². The van der Waals surface area contributed by atoms with Crippen LogP contribution < -0.4 is 10.6 Å². The third kappa shape index (κ3) is 5.55. The molecule has 0 fully saturated rings. The fourth-order valence-electron chi connectivity index (χ4n) is 2.14. The van der Waals surface area contributed by atoms with Gasteiger partial charge in [-0.15, -0.1) is 0 Å². The molecule has 0 spiro atoms. The van der Waals surface area contributed by atoms with Crippen LogP contribution in [-0.2, 0) is 20.8 Å². The number of ether oxygens (including phenoxy) is 2. The van der Waals surface area contributed by atoms with Gasteiger partial charge in [0, 0.05) is 26.8 Å². The van der Waals surface area contributed by atoms with E-state index in [0.29, 0.717) is 38.0 Å². The van der Waals surface area contributed by atoms with Gasteiger partial charge in [-0.1, -0.05) is 11.8 Å². The second-order valence-corrected chi connectivity index (χ2v) is 5.84. The first kappa shape index (κ1) is 19.4. The summed E-state index contributed by atoms with van der Waals surface area (Å²) < 4.78 is 11.9. The van der Waals surface area contributed by atoms with Gasteiger partial charge < -0.3 is 20.1 Å². The molecule has 0 aromatic carbocycles. The zero-order valence-electron chi connectivity index (χ0n) is 14.7. The van der Waals surface area contributed by atoms with Gasteiger partial charge in [0.1, 0.15) is 12.4 Å². The Bertz CT molecular complexity index is 693. The minimum absolute atomic E-state index is 0.0721. The molecule has 0 radical (unpaired) electrons. The molecule has 0 bridgehead atoms. The molecule has 0 atom stereocenters. The summed E-state index contributed by atoms with van der Waals surface area (Å²) in [5.41, 5.74) is 0.735. The van der Waals surface area contributed by atoms with Gasteiger partial charge in [-0.05, 0) is 13.2 Å². The SMILES string of the molecule is CCOCC(=O)NCCn1ncc2c(NCCOC)nc(SC)nc21. The quantitative estimate of drug-likeness (QED) is 0.340. The average molecular weight is 368 g/mol. The molecule has 2 aromatic rings. The lowest BCUT2D eigenvalue weighted by atomic mass is 10.4. The molecule has 0 aliphatic heterocycles. The number of methoxy groups -OCH3 is 1.